The maximum atomic E-state index is 14.3. The molecular formula is C27H27F2NO4S. The van der Waals surface area contributed by atoms with E-state index in [1.807, 2.05) is 18.2 Å². The lowest BCUT2D eigenvalue weighted by molar-refractivity contribution is -0.137. The van der Waals surface area contributed by atoms with Crippen LogP contribution in [-0.2, 0) is 15.3 Å². The Kier molecular flexibility index (Phi) is 8.36. The van der Waals surface area contributed by atoms with E-state index in [9.17, 15) is 18.4 Å². The number of amides is 1. The lowest BCUT2D eigenvalue weighted by Gasteiger charge is -2.33. The second-order valence-electron chi connectivity index (χ2n) is 8.32. The number of Topliss-reactive ketones (excluding diaryl/α,β-unsaturated/α-hetero) is 1. The lowest BCUT2D eigenvalue weighted by Crippen LogP contribution is -2.48. The number of benzene rings is 3. The van der Waals surface area contributed by atoms with Gasteiger partial charge in [0.15, 0.2) is 23.2 Å². The minimum Gasteiger partial charge on any atom is -0.485 e. The number of fused-ring (bicyclic) bond motifs is 1. The first kappa shape index (κ1) is 25.1. The van der Waals surface area contributed by atoms with E-state index in [0.717, 1.165) is 17.9 Å². The number of thioether (sulfide) groups is 1. The van der Waals surface area contributed by atoms with Crippen molar-refractivity contribution in [1.82, 2.24) is 4.90 Å². The van der Waals surface area contributed by atoms with Crippen LogP contribution < -0.4 is 4.74 Å². The van der Waals surface area contributed by atoms with E-state index in [1.165, 1.54) is 16.3 Å². The summed E-state index contributed by atoms with van der Waals surface area (Å²) in [4.78, 5) is 26.2. The SMILES string of the molecule is CCC(=O)c1cc(F)c(OCC2CN(C(=O)CSCc3cccc4ccccc34)CCO2)c(F)c1. The van der Waals surface area contributed by atoms with E-state index in [0.29, 0.717) is 18.9 Å². The van der Waals surface area contributed by atoms with Crippen molar-refractivity contribution in [2.75, 3.05) is 32.1 Å². The summed E-state index contributed by atoms with van der Waals surface area (Å²) >= 11 is 1.55. The van der Waals surface area contributed by atoms with E-state index >= 15 is 0 Å². The van der Waals surface area contributed by atoms with Crippen molar-refractivity contribution in [2.45, 2.75) is 25.2 Å². The first-order valence-corrected chi connectivity index (χ1v) is 12.7. The number of carbonyl (C=O) groups excluding carboxylic acids is 2. The van der Waals surface area contributed by atoms with E-state index in [2.05, 4.69) is 24.3 Å². The van der Waals surface area contributed by atoms with Gasteiger partial charge in [0.1, 0.15) is 12.7 Å². The lowest BCUT2D eigenvalue weighted by atomic mass is 10.1. The smallest absolute Gasteiger partial charge is 0.232 e. The van der Waals surface area contributed by atoms with Gasteiger partial charge in [-0.15, -0.1) is 11.8 Å². The van der Waals surface area contributed by atoms with Gasteiger partial charge in [-0.3, -0.25) is 9.59 Å². The summed E-state index contributed by atoms with van der Waals surface area (Å²) in [7, 11) is 0. The van der Waals surface area contributed by atoms with Gasteiger partial charge < -0.3 is 14.4 Å². The monoisotopic (exact) mass is 499 g/mol. The van der Waals surface area contributed by atoms with Gasteiger partial charge in [0.2, 0.25) is 5.91 Å². The average Bonchev–Trinajstić information content (AvgIpc) is 2.87. The molecule has 1 fully saturated rings. The van der Waals surface area contributed by atoms with Gasteiger partial charge in [-0.05, 0) is 28.5 Å². The normalized spacial score (nSPS) is 15.9. The number of rotatable bonds is 9. The van der Waals surface area contributed by atoms with E-state index < -0.39 is 23.5 Å². The average molecular weight is 500 g/mol. The Morgan fingerprint density at radius 1 is 1.11 bits per heavy atom. The first-order chi connectivity index (χ1) is 17.0. The summed E-state index contributed by atoms with van der Waals surface area (Å²) < 4.78 is 39.6. The number of ether oxygens (including phenoxy) is 2. The predicted molar refractivity (Wildman–Crippen MR) is 133 cm³/mol. The van der Waals surface area contributed by atoms with Crippen LogP contribution in [-0.4, -0.2) is 54.8 Å². The van der Waals surface area contributed by atoms with Gasteiger partial charge >= 0.3 is 0 Å². The fraction of sp³-hybridized carbons (Fsp3) is 0.333. The van der Waals surface area contributed by atoms with Gasteiger partial charge in [-0.2, -0.15) is 0 Å². The molecule has 1 aliphatic rings. The molecule has 3 aromatic rings. The highest BCUT2D eigenvalue weighted by atomic mass is 32.2. The Hall–Kier alpha value is -2.97. The van der Waals surface area contributed by atoms with Crippen molar-refractivity contribution < 1.29 is 27.8 Å². The predicted octanol–water partition coefficient (Wildman–Crippen LogP) is 5.25. The maximum absolute atomic E-state index is 14.3. The molecule has 1 saturated heterocycles. The largest absolute Gasteiger partial charge is 0.485 e. The highest BCUT2D eigenvalue weighted by Gasteiger charge is 2.26. The van der Waals surface area contributed by atoms with Gasteiger partial charge in [-0.25, -0.2) is 8.78 Å². The standard InChI is InChI=1S/C27H27F2NO4S/c1-2-25(31)20-12-23(28)27(24(29)13-20)34-15-21-14-30(10-11-33-21)26(32)17-35-16-19-8-5-7-18-6-3-4-9-22(18)19/h3-9,12-13,21H,2,10-11,14-17H2,1H3. The van der Waals surface area contributed by atoms with E-state index in [-0.39, 0.29) is 36.8 Å². The molecule has 1 unspecified atom stereocenters. The van der Waals surface area contributed by atoms with Crippen LogP contribution in [0.25, 0.3) is 10.8 Å². The molecule has 0 aliphatic carbocycles. The number of ketones is 1. The van der Waals surface area contributed by atoms with Gasteiger partial charge in [-0.1, -0.05) is 49.4 Å². The minimum atomic E-state index is -0.935. The van der Waals surface area contributed by atoms with Crippen molar-refractivity contribution in [3.8, 4) is 5.75 Å². The van der Waals surface area contributed by atoms with E-state index in [1.54, 1.807) is 23.6 Å². The number of morpholine rings is 1. The Morgan fingerprint density at radius 2 is 1.86 bits per heavy atom. The van der Waals surface area contributed by atoms with Crippen LogP contribution >= 0.6 is 11.8 Å². The van der Waals surface area contributed by atoms with Crippen molar-refractivity contribution in [1.29, 1.82) is 0 Å². The third-order valence-corrected chi connectivity index (χ3v) is 6.88. The Bertz CT molecular complexity index is 1190. The molecule has 1 amide bonds. The van der Waals surface area contributed by atoms with E-state index in [4.69, 9.17) is 9.47 Å². The molecule has 3 aromatic carbocycles. The molecule has 0 N–H and O–H groups in total. The summed E-state index contributed by atoms with van der Waals surface area (Å²) in [6.45, 7) is 2.58. The van der Waals surface area contributed by atoms with Gasteiger partial charge in [0, 0.05) is 24.3 Å². The maximum Gasteiger partial charge on any atom is 0.232 e. The van der Waals surface area contributed by atoms with Crippen LogP contribution in [0.4, 0.5) is 8.78 Å². The van der Waals surface area contributed by atoms with Crippen LogP contribution in [0.15, 0.2) is 54.6 Å². The van der Waals surface area contributed by atoms with Crippen molar-refractivity contribution >= 4 is 34.2 Å². The van der Waals surface area contributed by atoms with Crippen LogP contribution in [0.5, 0.6) is 5.75 Å². The Morgan fingerprint density at radius 3 is 2.63 bits per heavy atom. The van der Waals surface area contributed by atoms with Crippen LogP contribution in [0, 0.1) is 11.6 Å². The minimum absolute atomic E-state index is 0.0108. The van der Waals surface area contributed by atoms with Crippen molar-refractivity contribution in [3.63, 3.8) is 0 Å². The number of hydrogen-bond donors (Lipinski definition) is 0. The molecule has 4 rings (SSSR count). The van der Waals surface area contributed by atoms with Gasteiger partial charge in [0.05, 0.1) is 18.9 Å². The molecule has 35 heavy (non-hydrogen) atoms. The molecule has 184 valence electrons. The fourth-order valence-electron chi connectivity index (χ4n) is 4.04. The summed E-state index contributed by atoms with van der Waals surface area (Å²) in [6, 6.07) is 16.3. The molecule has 5 nitrogen and oxygen atoms in total. The van der Waals surface area contributed by atoms with Gasteiger partial charge in [0.25, 0.3) is 0 Å². The first-order valence-electron chi connectivity index (χ1n) is 11.5. The summed E-state index contributed by atoms with van der Waals surface area (Å²) in [5.41, 5.74) is 1.16. The summed E-state index contributed by atoms with van der Waals surface area (Å²) in [5.74, 6) is -1.73. The molecule has 0 spiro atoms. The highest BCUT2D eigenvalue weighted by Crippen LogP contribution is 2.25. The fourth-order valence-corrected chi connectivity index (χ4v) is 4.97. The van der Waals surface area contributed by atoms with Crippen LogP contribution in [0.3, 0.4) is 0 Å². The number of hydrogen-bond acceptors (Lipinski definition) is 5. The zero-order valence-electron chi connectivity index (χ0n) is 19.5. The van der Waals surface area contributed by atoms with Crippen LogP contribution in [0.2, 0.25) is 0 Å². The third kappa shape index (κ3) is 6.18. The van der Waals surface area contributed by atoms with Crippen molar-refractivity contribution in [2.24, 2.45) is 0 Å². The number of halogens is 2. The zero-order chi connectivity index (χ0) is 24.8. The number of carbonyl (C=O) groups is 2. The molecule has 0 saturated carbocycles. The molecule has 1 heterocycles. The molecule has 8 heteroatoms. The Labute approximate surface area is 207 Å². The second-order valence-corrected chi connectivity index (χ2v) is 9.31. The molecule has 0 bridgehead atoms. The molecule has 0 radical (unpaired) electrons. The Balaban J connectivity index is 1.29. The van der Waals surface area contributed by atoms with Crippen LogP contribution in [0.1, 0.15) is 29.3 Å². The molecule has 1 aliphatic heterocycles. The summed E-state index contributed by atoms with van der Waals surface area (Å²) in [5, 5.41) is 2.36. The van der Waals surface area contributed by atoms with Crippen molar-refractivity contribution in [3.05, 3.63) is 77.4 Å². The molecular weight excluding hydrogens is 472 g/mol. The zero-order valence-corrected chi connectivity index (χ0v) is 20.3. The molecule has 0 aromatic heterocycles. The highest BCUT2D eigenvalue weighted by molar-refractivity contribution is 7.99. The number of nitrogens with zero attached hydrogens (tertiary/aromatic N) is 1. The molecule has 1 atom stereocenters. The second kappa shape index (κ2) is 11.6. The quantitative estimate of drug-likeness (QED) is 0.377. The summed E-state index contributed by atoms with van der Waals surface area (Å²) in [6.07, 6.45) is -0.356. The topological polar surface area (TPSA) is 55.8 Å². The third-order valence-electron chi connectivity index (χ3n) is 5.91.